The lowest BCUT2D eigenvalue weighted by atomic mass is 10.3. The van der Waals surface area contributed by atoms with Gasteiger partial charge in [0.2, 0.25) is 0 Å². The second-order valence-corrected chi connectivity index (χ2v) is 4.83. The standard InChI is InChI=1S/C14H22ClNO3/c1-3-18-9-11(2)16-8-13(17)10-19-14-6-4-5-12(15)7-14/h4-7,11,13,16-17H,3,8-10H2,1-2H3. The van der Waals surface area contributed by atoms with Crippen LogP contribution in [0.1, 0.15) is 13.8 Å². The highest BCUT2D eigenvalue weighted by atomic mass is 35.5. The number of hydrogen-bond acceptors (Lipinski definition) is 4. The van der Waals surface area contributed by atoms with Crippen LogP contribution in [0, 0.1) is 0 Å². The number of ether oxygens (including phenoxy) is 2. The number of aliphatic hydroxyl groups excluding tert-OH is 1. The van der Waals surface area contributed by atoms with E-state index in [9.17, 15) is 5.11 Å². The van der Waals surface area contributed by atoms with Gasteiger partial charge in [-0.25, -0.2) is 0 Å². The summed E-state index contributed by atoms with van der Waals surface area (Å²) in [5.74, 6) is 0.661. The molecule has 2 unspecified atom stereocenters. The number of aliphatic hydroxyl groups is 1. The molecule has 0 aliphatic carbocycles. The first-order valence-electron chi connectivity index (χ1n) is 6.49. The lowest BCUT2D eigenvalue weighted by Crippen LogP contribution is -2.38. The van der Waals surface area contributed by atoms with E-state index in [0.29, 0.717) is 30.5 Å². The van der Waals surface area contributed by atoms with Crippen molar-refractivity contribution in [2.75, 3.05) is 26.4 Å². The van der Waals surface area contributed by atoms with E-state index in [1.54, 1.807) is 12.1 Å². The predicted octanol–water partition coefficient (Wildman–Crippen LogP) is 2.09. The normalized spacial score (nSPS) is 14.1. The van der Waals surface area contributed by atoms with Gasteiger partial charge in [0.25, 0.3) is 0 Å². The van der Waals surface area contributed by atoms with Gasteiger partial charge >= 0.3 is 0 Å². The summed E-state index contributed by atoms with van der Waals surface area (Å²) >= 11 is 5.84. The molecule has 2 N–H and O–H groups in total. The van der Waals surface area contributed by atoms with E-state index in [1.807, 2.05) is 26.0 Å². The molecule has 0 amide bonds. The van der Waals surface area contributed by atoms with Gasteiger partial charge < -0.3 is 19.9 Å². The fourth-order valence-corrected chi connectivity index (χ4v) is 1.68. The van der Waals surface area contributed by atoms with Crippen LogP contribution in [0.5, 0.6) is 5.75 Å². The van der Waals surface area contributed by atoms with Crippen molar-refractivity contribution in [2.24, 2.45) is 0 Å². The molecule has 0 aromatic heterocycles. The first-order valence-corrected chi connectivity index (χ1v) is 6.87. The summed E-state index contributed by atoms with van der Waals surface area (Å²) in [6.07, 6.45) is -0.567. The Bertz CT molecular complexity index is 362. The number of benzene rings is 1. The quantitative estimate of drug-likeness (QED) is 0.730. The molecule has 0 spiro atoms. The Hall–Kier alpha value is -0.810. The molecule has 0 aliphatic rings. The van der Waals surface area contributed by atoms with Gasteiger partial charge in [-0.15, -0.1) is 0 Å². The Morgan fingerprint density at radius 3 is 2.84 bits per heavy atom. The van der Waals surface area contributed by atoms with Gasteiger partial charge in [0.1, 0.15) is 18.5 Å². The van der Waals surface area contributed by atoms with Crippen LogP contribution in [0.3, 0.4) is 0 Å². The van der Waals surface area contributed by atoms with Crippen LogP contribution in [0.2, 0.25) is 5.02 Å². The van der Waals surface area contributed by atoms with Crippen LogP contribution in [0.15, 0.2) is 24.3 Å². The Morgan fingerprint density at radius 1 is 1.37 bits per heavy atom. The van der Waals surface area contributed by atoms with Crippen LogP contribution in [-0.2, 0) is 4.74 Å². The second-order valence-electron chi connectivity index (χ2n) is 4.39. The maximum absolute atomic E-state index is 9.79. The minimum absolute atomic E-state index is 0.209. The lowest BCUT2D eigenvalue weighted by Gasteiger charge is -2.17. The van der Waals surface area contributed by atoms with Crippen molar-refractivity contribution in [2.45, 2.75) is 26.0 Å². The molecule has 0 saturated heterocycles. The molecule has 5 heteroatoms. The highest BCUT2D eigenvalue weighted by Crippen LogP contribution is 2.17. The van der Waals surface area contributed by atoms with Crippen molar-refractivity contribution >= 4 is 11.6 Å². The van der Waals surface area contributed by atoms with Crippen LogP contribution in [0.4, 0.5) is 0 Å². The Kier molecular flexibility index (Phi) is 7.82. The Morgan fingerprint density at radius 2 is 2.16 bits per heavy atom. The van der Waals surface area contributed by atoms with Crippen molar-refractivity contribution < 1.29 is 14.6 Å². The topological polar surface area (TPSA) is 50.7 Å². The molecule has 0 saturated carbocycles. The van der Waals surface area contributed by atoms with Crippen LogP contribution < -0.4 is 10.1 Å². The van der Waals surface area contributed by atoms with E-state index in [2.05, 4.69) is 5.32 Å². The zero-order chi connectivity index (χ0) is 14.1. The predicted molar refractivity (Wildman–Crippen MR) is 76.9 cm³/mol. The molecule has 0 heterocycles. The lowest BCUT2D eigenvalue weighted by molar-refractivity contribution is 0.0907. The van der Waals surface area contributed by atoms with Crippen molar-refractivity contribution in [1.29, 1.82) is 0 Å². The summed E-state index contributed by atoms with van der Waals surface area (Å²) in [4.78, 5) is 0. The van der Waals surface area contributed by atoms with Crippen molar-refractivity contribution in [1.82, 2.24) is 5.32 Å². The summed E-state index contributed by atoms with van der Waals surface area (Å²) in [7, 11) is 0. The molecule has 1 rings (SSSR count). The minimum atomic E-state index is -0.567. The summed E-state index contributed by atoms with van der Waals surface area (Å²) in [6, 6.07) is 7.33. The van der Waals surface area contributed by atoms with Gasteiger partial charge in [0.15, 0.2) is 0 Å². The minimum Gasteiger partial charge on any atom is -0.491 e. The van der Waals surface area contributed by atoms with Crippen LogP contribution in [-0.4, -0.2) is 43.6 Å². The highest BCUT2D eigenvalue weighted by Gasteiger charge is 2.08. The van der Waals surface area contributed by atoms with Gasteiger partial charge in [-0.2, -0.15) is 0 Å². The summed E-state index contributed by atoms with van der Waals surface area (Å²) in [5, 5.41) is 13.6. The van der Waals surface area contributed by atoms with Crippen molar-refractivity contribution in [3.63, 3.8) is 0 Å². The average Bonchev–Trinajstić information content (AvgIpc) is 2.40. The Labute approximate surface area is 119 Å². The number of hydrogen-bond donors (Lipinski definition) is 2. The molecule has 1 aromatic carbocycles. The molecule has 108 valence electrons. The SMILES string of the molecule is CCOCC(C)NCC(O)COc1cccc(Cl)c1. The third-order valence-corrected chi connectivity index (χ3v) is 2.75. The monoisotopic (exact) mass is 287 g/mol. The molecule has 0 bridgehead atoms. The fourth-order valence-electron chi connectivity index (χ4n) is 1.50. The molecular weight excluding hydrogens is 266 g/mol. The van der Waals surface area contributed by atoms with E-state index in [-0.39, 0.29) is 12.6 Å². The first kappa shape index (κ1) is 16.2. The maximum Gasteiger partial charge on any atom is 0.120 e. The number of nitrogens with one attached hydrogen (secondary N) is 1. The van der Waals surface area contributed by atoms with Gasteiger partial charge in [-0.3, -0.25) is 0 Å². The first-order chi connectivity index (χ1) is 9.11. The van der Waals surface area contributed by atoms with Gasteiger partial charge in [-0.05, 0) is 32.0 Å². The smallest absolute Gasteiger partial charge is 0.120 e. The van der Waals surface area contributed by atoms with E-state index in [1.165, 1.54) is 0 Å². The van der Waals surface area contributed by atoms with E-state index in [4.69, 9.17) is 21.1 Å². The van der Waals surface area contributed by atoms with Gasteiger partial charge in [0.05, 0.1) is 6.61 Å². The zero-order valence-electron chi connectivity index (χ0n) is 11.4. The summed E-state index contributed by atoms with van der Waals surface area (Å²) < 4.78 is 10.7. The summed E-state index contributed by atoms with van der Waals surface area (Å²) in [5.41, 5.74) is 0. The van der Waals surface area contributed by atoms with Gasteiger partial charge in [-0.1, -0.05) is 17.7 Å². The molecule has 0 radical (unpaired) electrons. The molecule has 4 nitrogen and oxygen atoms in total. The second kappa shape index (κ2) is 9.15. The number of halogens is 1. The molecule has 0 fully saturated rings. The van der Waals surface area contributed by atoms with Gasteiger partial charge in [0, 0.05) is 24.2 Å². The van der Waals surface area contributed by atoms with E-state index >= 15 is 0 Å². The molecule has 19 heavy (non-hydrogen) atoms. The molecule has 0 aliphatic heterocycles. The third-order valence-electron chi connectivity index (χ3n) is 2.51. The average molecular weight is 288 g/mol. The Balaban J connectivity index is 2.19. The van der Waals surface area contributed by atoms with Crippen molar-refractivity contribution in [3.8, 4) is 5.75 Å². The third kappa shape index (κ3) is 7.38. The number of rotatable bonds is 9. The fraction of sp³-hybridized carbons (Fsp3) is 0.571. The molecule has 2 atom stereocenters. The van der Waals surface area contributed by atoms with Crippen LogP contribution in [0.25, 0.3) is 0 Å². The maximum atomic E-state index is 9.79. The zero-order valence-corrected chi connectivity index (χ0v) is 12.2. The van der Waals surface area contributed by atoms with E-state index in [0.717, 1.165) is 0 Å². The summed E-state index contributed by atoms with van der Waals surface area (Å²) in [6.45, 7) is 6.01. The molecule has 1 aromatic rings. The molecular formula is C14H22ClNO3. The largest absolute Gasteiger partial charge is 0.491 e. The highest BCUT2D eigenvalue weighted by molar-refractivity contribution is 6.30. The van der Waals surface area contributed by atoms with Crippen molar-refractivity contribution in [3.05, 3.63) is 29.3 Å². The van der Waals surface area contributed by atoms with Crippen LogP contribution >= 0.6 is 11.6 Å². The van der Waals surface area contributed by atoms with E-state index < -0.39 is 6.10 Å².